The Labute approximate surface area is 111 Å². The Morgan fingerprint density at radius 3 is 2.79 bits per heavy atom. The van der Waals surface area contributed by atoms with E-state index in [9.17, 15) is 14.4 Å². The number of cyclic esters (lactones) is 1. The van der Waals surface area contributed by atoms with E-state index in [1.54, 1.807) is 17.9 Å². The number of imide groups is 1. The minimum absolute atomic E-state index is 0.0194. The molecule has 0 spiro atoms. The molecule has 1 aliphatic heterocycles. The molecule has 7 nitrogen and oxygen atoms in total. The highest BCUT2D eigenvalue weighted by Gasteiger charge is 2.29. The van der Waals surface area contributed by atoms with Crippen LogP contribution in [0.15, 0.2) is 12.7 Å². The molecule has 1 aliphatic rings. The first-order chi connectivity index (χ1) is 9.08. The number of esters is 1. The van der Waals surface area contributed by atoms with Gasteiger partial charge in [-0.25, -0.2) is 9.69 Å². The third-order valence-corrected chi connectivity index (χ3v) is 2.47. The average molecular weight is 270 g/mol. The molecule has 0 N–H and O–H groups in total. The summed E-state index contributed by atoms with van der Waals surface area (Å²) in [6, 6.07) is 0. The zero-order valence-corrected chi connectivity index (χ0v) is 11.0. The van der Waals surface area contributed by atoms with Gasteiger partial charge in [0.25, 0.3) is 0 Å². The van der Waals surface area contributed by atoms with Crippen molar-refractivity contribution in [3.8, 4) is 0 Å². The molecule has 106 valence electrons. The number of nitrogens with zero attached hydrogens (tertiary/aromatic N) is 2. The maximum absolute atomic E-state index is 11.9. The standard InChI is InChI=1S/C12H18N2O5/c1-3-5-13(9-11(16)18-4-2)8-10(15)14-6-7-19-12(14)17/h3H,1,4-9H2,2H3. The lowest BCUT2D eigenvalue weighted by atomic mass is 10.4. The lowest BCUT2D eigenvalue weighted by molar-refractivity contribution is -0.144. The van der Waals surface area contributed by atoms with Crippen molar-refractivity contribution >= 4 is 18.0 Å². The summed E-state index contributed by atoms with van der Waals surface area (Å²) in [6.45, 7) is 6.30. The summed E-state index contributed by atoms with van der Waals surface area (Å²) in [5.74, 6) is -0.810. The van der Waals surface area contributed by atoms with E-state index in [1.807, 2.05) is 0 Å². The third kappa shape index (κ3) is 4.70. The van der Waals surface area contributed by atoms with Gasteiger partial charge in [0.1, 0.15) is 6.61 Å². The van der Waals surface area contributed by atoms with Gasteiger partial charge in [0, 0.05) is 6.54 Å². The summed E-state index contributed by atoms with van der Waals surface area (Å²) in [4.78, 5) is 37.1. The minimum Gasteiger partial charge on any atom is -0.465 e. The van der Waals surface area contributed by atoms with E-state index < -0.39 is 18.0 Å². The monoisotopic (exact) mass is 270 g/mol. The van der Waals surface area contributed by atoms with Crippen LogP contribution >= 0.6 is 0 Å². The van der Waals surface area contributed by atoms with Gasteiger partial charge in [-0.1, -0.05) is 6.08 Å². The molecule has 2 amide bonds. The number of hydrogen-bond donors (Lipinski definition) is 0. The highest BCUT2D eigenvalue weighted by atomic mass is 16.6. The fraction of sp³-hybridized carbons (Fsp3) is 0.583. The Kier molecular flexibility index (Phi) is 6.01. The van der Waals surface area contributed by atoms with Crippen LogP contribution in [-0.2, 0) is 19.1 Å². The molecule has 0 aromatic carbocycles. The Bertz CT molecular complexity index is 369. The molecule has 0 aromatic rings. The van der Waals surface area contributed by atoms with Crippen LogP contribution in [0.1, 0.15) is 6.92 Å². The predicted molar refractivity (Wildman–Crippen MR) is 66.3 cm³/mol. The normalized spacial score (nSPS) is 14.4. The van der Waals surface area contributed by atoms with Crippen molar-refractivity contribution in [1.29, 1.82) is 0 Å². The van der Waals surface area contributed by atoms with Gasteiger partial charge in [0.05, 0.1) is 26.2 Å². The summed E-state index contributed by atoms with van der Waals surface area (Å²) in [6.07, 6.45) is 0.939. The topological polar surface area (TPSA) is 76.2 Å². The van der Waals surface area contributed by atoms with Crippen LogP contribution in [0.2, 0.25) is 0 Å². The maximum atomic E-state index is 11.9. The Morgan fingerprint density at radius 2 is 2.26 bits per heavy atom. The van der Waals surface area contributed by atoms with Gasteiger partial charge in [-0.2, -0.15) is 0 Å². The first-order valence-corrected chi connectivity index (χ1v) is 6.04. The van der Waals surface area contributed by atoms with Crippen LogP contribution in [0.5, 0.6) is 0 Å². The molecule has 19 heavy (non-hydrogen) atoms. The number of amides is 2. The van der Waals surface area contributed by atoms with Crippen molar-refractivity contribution in [2.45, 2.75) is 6.92 Å². The largest absolute Gasteiger partial charge is 0.465 e. The Morgan fingerprint density at radius 1 is 1.53 bits per heavy atom. The zero-order valence-electron chi connectivity index (χ0n) is 11.0. The van der Waals surface area contributed by atoms with E-state index >= 15 is 0 Å². The fourth-order valence-electron chi connectivity index (χ4n) is 1.65. The van der Waals surface area contributed by atoms with E-state index in [2.05, 4.69) is 11.3 Å². The molecule has 0 aliphatic carbocycles. The molecule has 1 rings (SSSR count). The maximum Gasteiger partial charge on any atom is 0.416 e. The summed E-state index contributed by atoms with van der Waals surface area (Å²) < 4.78 is 9.50. The fourth-order valence-corrected chi connectivity index (χ4v) is 1.65. The highest BCUT2D eigenvalue weighted by molar-refractivity contribution is 5.94. The highest BCUT2D eigenvalue weighted by Crippen LogP contribution is 2.05. The van der Waals surface area contributed by atoms with Gasteiger partial charge in [0.2, 0.25) is 5.91 Å². The second-order valence-electron chi connectivity index (χ2n) is 3.92. The first kappa shape index (κ1) is 15.2. The van der Waals surface area contributed by atoms with E-state index in [4.69, 9.17) is 4.74 Å². The number of hydrogen-bond acceptors (Lipinski definition) is 6. The number of rotatable bonds is 7. The molecular formula is C12H18N2O5. The Balaban J connectivity index is 2.52. The van der Waals surface area contributed by atoms with Crippen molar-refractivity contribution in [3.05, 3.63) is 12.7 Å². The molecule has 0 bridgehead atoms. The molecule has 1 saturated heterocycles. The van der Waals surface area contributed by atoms with Gasteiger partial charge in [-0.15, -0.1) is 6.58 Å². The van der Waals surface area contributed by atoms with Crippen molar-refractivity contribution in [2.75, 3.05) is 39.4 Å². The van der Waals surface area contributed by atoms with Gasteiger partial charge in [-0.05, 0) is 6.92 Å². The number of ether oxygens (including phenoxy) is 2. The van der Waals surface area contributed by atoms with Gasteiger partial charge < -0.3 is 9.47 Å². The van der Waals surface area contributed by atoms with Crippen LogP contribution in [0.3, 0.4) is 0 Å². The van der Waals surface area contributed by atoms with Gasteiger partial charge >= 0.3 is 12.1 Å². The van der Waals surface area contributed by atoms with E-state index in [0.717, 1.165) is 4.90 Å². The predicted octanol–water partition coefficient (Wildman–Crippen LogP) is 0.0163. The minimum atomic E-state index is -0.639. The lowest BCUT2D eigenvalue weighted by Crippen LogP contribution is -2.42. The molecule has 7 heteroatoms. The second kappa shape index (κ2) is 7.52. The summed E-state index contributed by atoms with van der Waals surface area (Å²) in [5, 5.41) is 0. The molecule has 0 aromatic heterocycles. The molecule has 0 atom stereocenters. The summed E-state index contributed by atoms with van der Waals surface area (Å²) >= 11 is 0. The van der Waals surface area contributed by atoms with Crippen molar-refractivity contribution in [3.63, 3.8) is 0 Å². The van der Waals surface area contributed by atoms with Crippen molar-refractivity contribution in [2.24, 2.45) is 0 Å². The smallest absolute Gasteiger partial charge is 0.416 e. The molecule has 1 heterocycles. The van der Waals surface area contributed by atoms with Gasteiger partial charge in [0.15, 0.2) is 0 Å². The van der Waals surface area contributed by atoms with E-state index in [1.165, 1.54) is 0 Å². The van der Waals surface area contributed by atoms with Gasteiger partial charge in [-0.3, -0.25) is 14.5 Å². The molecule has 0 saturated carbocycles. The van der Waals surface area contributed by atoms with E-state index in [-0.39, 0.29) is 32.8 Å². The van der Waals surface area contributed by atoms with Crippen molar-refractivity contribution < 1.29 is 23.9 Å². The zero-order chi connectivity index (χ0) is 14.3. The summed E-state index contributed by atoms with van der Waals surface area (Å²) in [5.41, 5.74) is 0. The van der Waals surface area contributed by atoms with E-state index in [0.29, 0.717) is 6.54 Å². The van der Waals surface area contributed by atoms with Crippen LogP contribution in [0.4, 0.5) is 4.79 Å². The van der Waals surface area contributed by atoms with Crippen LogP contribution in [-0.4, -0.2) is 67.2 Å². The molecule has 0 radical (unpaired) electrons. The lowest BCUT2D eigenvalue weighted by Gasteiger charge is -2.20. The second-order valence-corrected chi connectivity index (χ2v) is 3.92. The first-order valence-electron chi connectivity index (χ1n) is 6.04. The SMILES string of the molecule is C=CCN(CC(=O)OCC)CC(=O)N1CCOC1=O. The van der Waals surface area contributed by atoms with Crippen LogP contribution in [0, 0.1) is 0 Å². The van der Waals surface area contributed by atoms with Crippen molar-refractivity contribution in [1.82, 2.24) is 9.80 Å². The molecule has 1 fully saturated rings. The average Bonchev–Trinajstić information content (AvgIpc) is 2.76. The third-order valence-electron chi connectivity index (χ3n) is 2.47. The van der Waals surface area contributed by atoms with Crippen LogP contribution in [0.25, 0.3) is 0 Å². The Hall–Kier alpha value is -1.89. The summed E-state index contributed by atoms with van der Waals surface area (Å²) in [7, 11) is 0. The number of carbonyl (C=O) groups excluding carboxylic acids is 3. The quantitative estimate of drug-likeness (QED) is 0.479. The van der Waals surface area contributed by atoms with Crippen LogP contribution < -0.4 is 0 Å². The molecular weight excluding hydrogens is 252 g/mol. The number of carbonyl (C=O) groups is 3. The molecule has 0 unspecified atom stereocenters.